The van der Waals surface area contributed by atoms with Crippen LogP contribution in [0.4, 0.5) is 11.4 Å². The van der Waals surface area contributed by atoms with Gasteiger partial charge in [-0.3, -0.25) is 19.6 Å². The van der Waals surface area contributed by atoms with Gasteiger partial charge in [0.2, 0.25) is 5.91 Å². The van der Waals surface area contributed by atoms with Gasteiger partial charge < -0.3 is 9.80 Å². The van der Waals surface area contributed by atoms with Gasteiger partial charge in [-0.2, -0.15) is 5.10 Å². The fourth-order valence-corrected chi connectivity index (χ4v) is 3.21. The minimum Gasteiger partial charge on any atom is -0.372 e. The summed E-state index contributed by atoms with van der Waals surface area (Å²) in [5, 5.41) is 14.6. The minimum atomic E-state index is -0.491. The lowest BCUT2D eigenvalue weighted by molar-refractivity contribution is -0.385. The minimum absolute atomic E-state index is 0.0238. The molecular weight excluding hydrogens is 322 g/mol. The van der Waals surface area contributed by atoms with Gasteiger partial charge in [0.15, 0.2) is 0 Å². The first-order chi connectivity index (χ1) is 12.0. The Bertz CT molecular complexity index is 788. The Morgan fingerprint density at radius 1 is 1.40 bits per heavy atom. The number of nitro groups is 1. The molecule has 1 amide bonds. The van der Waals surface area contributed by atoms with Crippen molar-refractivity contribution in [3.05, 3.63) is 52.3 Å². The lowest BCUT2D eigenvalue weighted by Crippen LogP contribution is -2.42. The van der Waals surface area contributed by atoms with Crippen LogP contribution < -0.4 is 4.90 Å². The largest absolute Gasteiger partial charge is 0.372 e. The van der Waals surface area contributed by atoms with E-state index < -0.39 is 4.92 Å². The Labute approximate surface area is 145 Å². The van der Waals surface area contributed by atoms with Crippen LogP contribution in [0.15, 0.2) is 36.7 Å². The summed E-state index contributed by atoms with van der Waals surface area (Å²) < 4.78 is 1.44. The van der Waals surface area contributed by atoms with Crippen LogP contribution in [0.1, 0.15) is 18.9 Å². The fourth-order valence-electron chi connectivity index (χ4n) is 3.21. The van der Waals surface area contributed by atoms with Crippen molar-refractivity contribution in [2.24, 2.45) is 0 Å². The summed E-state index contributed by atoms with van der Waals surface area (Å²) >= 11 is 0. The van der Waals surface area contributed by atoms with E-state index in [4.69, 9.17) is 0 Å². The zero-order valence-electron chi connectivity index (χ0n) is 14.3. The zero-order valence-corrected chi connectivity index (χ0v) is 14.3. The van der Waals surface area contributed by atoms with Crippen LogP contribution in [0.25, 0.3) is 0 Å². The maximum absolute atomic E-state index is 12.7. The van der Waals surface area contributed by atoms with E-state index in [0.29, 0.717) is 13.1 Å². The highest BCUT2D eigenvalue weighted by atomic mass is 16.6. The number of aryl methyl sites for hydroxylation is 1. The average Bonchev–Trinajstić information content (AvgIpc) is 3.02. The van der Waals surface area contributed by atoms with E-state index in [1.165, 1.54) is 17.1 Å². The molecule has 8 nitrogen and oxygen atoms in total. The number of para-hydroxylation sites is 1. The van der Waals surface area contributed by atoms with Gasteiger partial charge in [-0.15, -0.1) is 0 Å². The zero-order chi connectivity index (χ0) is 18.0. The summed E-state index contributed by atoms with van der Waals surface area (Å²) in [6.45, 7) is 3.70. The Morgan fingerprint density at radius 3 is 2.88 bits per heavy atom. The molecule has 0 saturated heterocycles. The van der Waals surface area contributed by atoms with E-state index in [0.717, 1.165) is 17.8 Å². The summed E-state index contributed by atoms with van der Waals surface area (Å²) in [7, 11) is 2.03. The number of aromatic nitrogens is 2. The molecular formula is C17H21N5O3. The van der Waals surface area contributed by atoms with Crippen LogP contribution in [-0.4, -0.2) is 45.1 Å². The first-order valence-corrected chi connectivity index (χ1v) is 8.21. The van der Waals surface area contributed by atoms with Gasteiger partial charge in [0.1, 0.15) is 12.4 Å². The molecule has 132 valence electrons. The van der Waals surface area contributed by atoms with Crippen LogP contribution in [0.2, 0.25) is 0 Å². The molecule has 2 aromatic rings. The smallest absolute Gasteiger partial charge is 0.306 e. The lowest BCUT2D eigenvalue weighted by Gasteiger charge is -2.28. The van der Waals surface area contributed by atoms with Crippen LogP contribution in [-0.2, 0) is 17.9 Å². The average molecular weight is 343 g/mol. The van der Waals surface area contributed by atoms with Crippen molar-refractivity contribution >= 4 is 17.3 Å². The molecule has 8 heteroatoms. The molecule has 1 aliphatic rings. The Kier molecular flexibility index (Phi) is 4.69. The van der Waals surface area contributed by atoms with Gasteiger partial charge in [-0.05, 0) is 18.6 Å². The number of hydrogen-bond acceptors (Lipinski definition) is 5. The number of nitrogens with zero attached hydrogens (tertiary/aromatic N) is 5. The monoisotopic (exact) mass is 343 g/mol. The van der Waals surface area contributed by atoms with E-state index >= 15 is 0 Å². The SMILES string of the molecule is CC1CN(C)c2ccccc2CN1C(=O)CCn1cc([N+](=O)[O-])cn1. The number of carbonyl (C=O) groups is 1. The number of amides is 1. The maximum atomic E-state index is 12.7. The van der Waals surface area contributed by atoms with Crippen molar-refractivity contribution in [2.45, 2.75) is 32.5 Å². The van der Waals surface area contributed by atoms with Crippen LogP contribution >= 0.6 is 0 Å². The summed E-state index contributed by atoms with van der Waals surface area (Å²) in [6, 6.07) is 8.17. The van der Waals surface area contributed by atoms with Crippen molar-refractivity contribution in [2.75, 3.05) is 18.5 Å². The molecule has 0 fully saturated rings. The van der Waals surface area contributed by atoms with Gasteiger partial charge in [-0.1, -0.05) is 18.2 Å². The number of hydrogen-bond donors (Lipinski definition) is 0. The van der Waals surface area contributed by atoms with E-state index in [9.17, 15) is 14.9 Å². The highest BCUT2D eigenvalue weighted by Crippen LogP contribution is 2.26. The third-order valence-electron chi connectivity index (χ3n) is 4.52. The first kappa shape index (κ1) is 16.9. The number of carbonyl (C=O) groups excluding carboxylic acids is 1. The second-order valence-corrected chi connectivity index (χ2v) is 6.35. The Balaban J connectivity index is 1.69. The lowest BCUT2D eigenvalue weighted by atomic mass is 10.1. The first-order valence-electron chi connectivity index (χ1n) is 8.21. The van der Waals surface area contributed by atoms with Crippen molar-refractivity contribution in [3.8, 4) is 0 Å². The Morgan fingerprint density at radius 2 is 2.16 bits per heavy atom. The van der Waals surface area contributed by atoms with Crippen LogP contribution in [0.5, 0.6) is 0 Å². The van der Waals surface area contributed by atoms with Gasteiger partial charge in [0, 0.05) is 44.8 Å². The van der Waals surface area contributed by atoms with E-state index in [1.807, 2.05) is 37.1 Å². The standard InChI is InChI=1S/C17H21N5O3/c1-13-10-19(2)16-6-4-3-5-14(16)11-21(13)17(23)7-8-20-12-15(9-18-20)22(24)25/h3-6,9,12-13H,7-8,10-11H2,1-2H3. The molecule has 0 saturated carbocycles. The molecule has 1 aromatic heterocycles. The summed E-state index contributed by atoms with van der Waals surface area (Å²) in [4.78, 5) is 27.0. The highest BCUT2D eigenvalue weighted by molar-refractivity contribution is 5.77. The maximum Gasteiger partial charge on any atom is 0.306 e. The molecule has 1 unspecified atom stereocenters. The number of likely N-dealkylation sites (N-methyl/N-ethyl adjacent to an activating group) is 1. The van der Waals surface area contributed by atoms with E-state index in [2.05, 4.69) is 16.1 Å². The fraction of sp³-hybridized carbons (Fsp3) is 0.412. The number of benzene rings is 1. The second-order valence-electron chi connectivity index (χ2n) is 6.35. The topological polar surface area (TPSA) is 84.5 Å². The number of fused-ring (bicyclic) bond motifs is 1. The summed E-state index contributed by atoms with van der Waals surface area (Å²) in [5.74, 6) is 0.0238. The van der Waals surface area contributed by atoms with Crippen molar-refractivity contribution in [3.63, 3.8) is 0 Å². The van der Waals surface area contributed by atoms with Crippen molar-refractivity contribution < 1.29 is 9.72 Å². The summed E-state index contributed by atoms with van der Waals surface area (Å²) in [5.41, 5.74) is 2.20. The van der Waals surface area contributed by atoms with E-state index in [1.54, 1.807) is 0 Å². The highest BCUT2D eigenvalue weighted by Gasteiger charge is 2.26. The molecule has 1 aliphatic heterocycles. The predicted molar refractivity (Wildman–Crippen MR) is 93.2 cm³/mol. The van der Waals surface area contributed by atoms with Gasteiger partial charge in [-0.25, -0.2) is 0 Å². The Hall–Kier alpha value is -2.90. The summed E-state index contributed by atoms with van der Waals surface area (Å²) in [6.07, 6.45) is 2.81. The van der Waals surface area contributed by atoms with Crippen molar-refractivity contribution in [1.82, 2.24) is 14.7 Å². The molecule has 3 rings (SSSR count). The van der Waals surface area contributed by atoms with Gasteiger partial charge in [0.05, 0.1) is 4.92 Å². The molecule has 0 radical (unpaired) electrons. The molecule has 1 aromatic carbocycles. The number of anilines is 1. The quantitative estimate of drug-likeness (QED) is 0.626. The van der Waals surface area contributed by atoms with Crippen LogP contribution in [0, 0.1) is 10.1 Å². The molecule has 0 N–H and O–H groups in total. The van der Waals surface area contributed by atoms with Gasteiger partial charge in [0.25, 0.3) is 0 Å². The normalized spacial score (nSPS) is 17.1. The molecule has 0 spiro atoms. The molecule has 0 aliphatic carbocycles. The van der Waals surface area contributed by atoms with Crippen molar-refractivity contribution in [1.29, 1.82) is 0 Å². The molecule has 25 heavy (non-hydrogen) atoms. The van der Waals surface area contributed by atoms with E-state index in [-0.39, 0.29) is 24.1 Å². The molecule has 0 bridgehead atoms. The third kappa shape index (κ3) is 3.62. The molecule has 2 heterocycles. The van der Waals surface area contributed by atoms with Crippen LogP contribution in [0.3, 0.4) is 0 Å². The third-order valence-corrected chi connectivity index (χ3v) is 4.52. The molecule has 1 atom stereocenters. The predicted octanol–water partition coefficient (Wildman–Crippen LogP) is 2.05. The number of rotatable bonds is 4. The van der Waals surface area contributed by atoms with Gasteiger partial charge >= 0.3 is 5.69 Å². The second kappa shape index (κ2) is 6.92.